The zero-order valence-corrected chi connectivity index (χ0v) is 17.5. The molecule has 0 atom stereocenters. The number of nitrogens with zero attached hydrogens (tertiary/aromatic N) is 1. The molecule has 1 heterocycles. The molecule has 0 fully saturated rings. The lowest BCUT2D eigenvalue weighted by molar-refractivity contribution is -0.114. The van der Waals surface area contributed by atoms with Crippen LogP contribution in [0.3, 0.4) is 0 Å². The van der Waals surface area contributed by atoms with E-state index in [9.17, 15) is 18.8 Å². The molecule has 0 bridgehead atoms. The van der Waals surface area contributed by atoms with Crippen LogP contribution in [-0.4, -0.2) is 24.3 Å². The van der Waals surface area contributed by atoms with Gasteiger partial charge in [0, 0.05) is 41.7 Å². The van der Waals surface area contributed by atoms with Crippen molar-refractivity contribution in [1.29, 1.82) is 0 Å². The van der Waals surface area contributed by atoms with Gasteiger partial charge in [0.05, 0.1) is 0 Å². The van der Waals surface area contributed by atoms with Crippen LogP contribution in [0.15, 0.2) is 66.7 Å². The van der Waals surface area contributed by atoms with Crippen LogP contribution in [0.5, 0.6) is 0 Å². The summed E-state index contributed by atoms with van der Waals surface area (Å²) in [6.07, 6.45) is 1.53. The average Bonchev–Trinajstić information content (AvgIpc) is 2.79. The molecule has 3 aromatic carbocycles. The van der Waals surface area contributed by atoms with Crippen LogP contribution in [0.2, 0.25) is 0 Å². The zero-order chi connectivity index (χ0) is 22.7. The van der Waals surface area contributed by atoms with Crippen LogP contribution in [0, 0.1) is 5.82 Å². The van der Waals surface area contributed by atoms with Crippen LogP contribution in [0.1, 0.15) is 39.6 Å². The number of benzene rings is 3. The van der Waals surface area contributed by atoms with Crippen LogP contribution in [0.4, 0.5) is 21.5 Å². The van der Waals surface area contributed by atoms with Crippen molar-refractivity contribution < 1.29 is 18.8 Å². The molecule has 162 valence electrons. The second-order valence-corrected chi connectivity index (χ2v) is 7.62. The molecule has 32 heavy (non-hydrogen) atoms. The summed E-state index contributed by atoms with van der Waals surface area (Å²) >= 11 is 0. The Morgan fingerprint density at radius 3 is 2.12 bits per heavy atom. The molecule has 3 aromatic rings. The predicted molar refractivity (Wildman–Crippen MR) is 122 cm³/mol. The Morgan fingerprint density at radius 1 is 0.844 bits per heavy atom. The van der Waals surface area contributed by atoms with E-state index in [1.54, 1.807) is 47.4 Å². The average molecular weight is 431 g/mol. The van der Waals surface area contributed by atoms with Gasteiger partial charge in [-0.25, -0.2) is 4.39 Å². The number of rotatable bonds is 4. The van der Waals surface area contributed by atoms with Gasteiger partial charge in [0.1, 0.15) is 5.82 Å². The van der Waals surface area contributed by atoms with E-state index in [1.807, 2.05) is 0 Å². The molecule has 7 heteroatoms. The summed E-state index contributed by atoms with van der Waals surface area (Å²) in [5, 5.41) is 5.52. The van der Waals surface area contributed by atoms with Crippen LogP contribution < -0.4 is 15.5 Å². The third kappa shape index (κ3) is 4.67. The largest absolute Gasteiger partial charge is 0.326 e. The number of fused-ring (bicyclic) bond motifs is 1. The van der Waals surface area contributed by atoms with Gasteiger partial charge in [-0.15, -0.1) is 0 Å². The van der Waals surface area contributed by atoms with Crippen molar-refractivity contribution >= 4 is 34.8 Å². The van der Waals surface area contributed by atoms with Gasteiger partial charge in [0.25, 0.3) is 11.8 Å². The molecule has 0 radical (unpaired) electrons. The highest BCUT2D eigenvalue weighted by atomic mass is 19.1. The van der Waals surface area contributed by atoms with Crippen LogP contribution in [-0.2, 0) is 11.2 Å². The van der Waals surface area contributed by atoms with Crippen molar-refractivity contribution in [3.63, 3.8) is 0 Å². The number of hydrogen-bond acceptors (Lipinski definition) is 3. The smallest absolute Gasteiger partial charge is 0.258 e. The van der Waals surface area contributed by atoms with E-state index in [4.69, 9.17) is 0 Å². The fourth-order valence-corrected chi connectivity index (χ4v) is 3.74. The van der Waals surface area contributed by atoms with Crippen LogP contribution in [0.25, 0.3) is 0 Å². The summed E-state index contributed by atoms with van der Waals surface area (Å²) in [6, 6.07) is 17.6. The van der Waals surface area contributed by atoms with E-state index in [0.717, 1.165) is 24.1 Å². The van der Waals surface area contributed by atoms with Crippen molar-refractivity contribution in [2.45, 2.75) is 19.8 Å². The number of amides is 3. The summed E-state index contributed by atoms with van der Waals surface area (Å²) in [7, 11) is 0. The molecule has 1 aliphatic rings. The van der Waals surface area contributed by atoms with Gasteiger partial charge in [-0.05, 0) is 85.1 Å². The van der Waals surface area contributed by atoms with E-state index in [0.29, 0.717) is 29.0 Å². The lowest BCUT2D eigenvalue weighted by atomic mass is 9.98. The van der Waals surface area contributed by atoms with Gasteiger partial charge in [-0.1, -0.05) is 0 Å². The van der Waals surface area contributed by atoms with E-state index in [2.05, 4.69) is 10.6 Å². The quantitative estimate of drug-likeness (QED) is 0.632. The second kappa shape index (κ2) is 9.01. The maximum atomic E-state index is 13.2. The molecule has 3 amide bonds. The molecule has 0 saturated heterocycles. The minimum atomic E-state index is -0.388. The minimum absolute atomic E-state index is 0.164. The second-order valence-electron chi connectivity index (χ2n) is 7.62. The SMILES string of the molecule is CC(=O)Nc1ccc(NC(=O)c2ccc3c(c2)CCCN3C(=O)c2ccc(F)cc2)cc1. The van der Waals surface area contributed by atoms with E-state index >= 15 is 0 Å². The number of carbonyl (C=O) groups is 3. The first-order valence-corrected chi connectivity index (χ1v) is 10.3. The monoisotopic (exact) mass is 431 g/mol. The highest BCUT2D eigenvalue weighted by Crippen LogP contribution is 2.30. The molecule has 0 unspecified atom stereocenters. The summed E-state index contributed by atoms with van der Waals surface area (Å²) in [4.78, 5) is 38.5. The number of hydrogen-bond donors (Lipinski definition) is 2. The Bertz CT molecular complexity index is 1170. The molecule has 1 aliphatic heterocycles. The molecular formula is C25H22FN3O3. The van der Waals surface area contributed by atoms with E-state index in [-0.39, 0.29) is 23.5 Å². The minimum Gasteiger partial charge on any atom is -0.326 e. The number of aryl methyl sites for hydroxylation is 1. The first-order chi connectivity index (χ1) is 15.4. The molecule has 0 spiro atoms. The van der Waals surface area contributed by atoms with Gasteiger partial charge in [-0.2, -0.15) is 0 Å². The number of anilines is 3. The van der Waals surface area contributed by atoms with Crippen molar-refractivity contribution in [2.75, 3.05) is 22.1 Å². The van der Waals surface area contributed by atoms with Crippen molar-refractivity contribution in [1.82, 2.24) is 0 Å². The van der Waals surface area contributed by atoms with Crippen molar-refractivity contribution in [2.24, 2.45) is 0 Å². The fraction of sp³-hybridized carbons (Fsp3) is 0.160. The highest BCUT2D eigenvalue weighted by molar-refractivity contribution is 6.08. The first-order valence-electron chi connectivity index (χ1n) is 10.3. The maximum Gasteiger partial charge on any atom is 0.258 e. The van der Waals surface area contributed by atoms with Crippen LogP contribution >= 0.6 is 0 Å². The molecule has 4 rings (SSSR count). The van der Waals surface area contributed by atoms with E-state index in [1.165, 1.54) is 31.2 Å². The van der Waals surface area contributed by atoms with Gasteiger partial charge in [-0.3, -0.25) is 14.4 Å². The maximum absolute atomic E-state index is 13.2. The third-order valence-corrected chi connectivity index (χ3v) is 5.26. The Balaban J connectivity index is 1.50. The van der Waals surface area contributed by atoms with Gasteiger partial charge in [0.15, 0.2) is 0 Å². The number of nitrogens with one attached hydrogen (secondary N) is 2. The lowest BCUT2D eigenvalue weighted by Crippen LogP contribution is -2.35. The fourth-order valence-electron chi connectivity index (χ4n) is 3.74. The Labute approximate surface area is 185 Å². The Hall–Kier alpha value is -4.00. The van der Waals surface area contributed by atoms with Gasteiger partial charge in [0.2, 0.25) is 5.91 Å². The Morgan fingerprint density at radius 2 is 1.47 bits per heavy atom. The van der Waals surface area contributed by atoms with Crippen molar-refractivity contribution in [3.05, 3.63) is 89.2 Å². The first kappa shape index (κ1) is 21.2. The molecule has 0 aromatic heterocycles. The Kier molecular flexibility index (Phi) is 5.98. The standard InChI is InChI=1S/C25H22FN3O3/c1-16(30)27-21-9-11-22(12-10-21)28-24(31)19-6-13-23-18(15-19)3-2-14-29(23)25(32)17-4-7-20(26)8-5-17/h4-13,15H,2-3,14H2,1H3,(H,27,30)(H,28,31). The molecule has 2 N–H and O–H groups in total. The molecular weight excluding hydrogens is 409 g/mol. The third-order valence-electron chi connectivity index (χ3n) is 5.26. The summed E-state index contributed by atoms with van der Waals surface area (Å²) in [6.45, 7) is 2.00. The lowest BCUT2D eigenvalue weighted by Gasteiger charge is -2.30. The zero-order valence-electron chi connectivity index (χ0n) is 17.5. The summed E-state index contributed by atoms with van der Waals surface area (Å²) in [5.74, 6) is -1.01. The van der Waals surface area contributed by atoms with Gasteiger partial charge < -0.3 is 15.5 Å². The van der Waals surface area contributed by atoms with Gasteiger partial charge >= 0.3 is 0 Å². The molecule has 0 saturated carbocycles. The predicted octanol–water partition coefficient (Wildman–Crippen LogP) is 4.63. The molecule has 6 nitrogen and oxygen atoms in total. The summed E-state index contributed by atoms with van der Waals surface area (Å²) < 4.78 is 13.2. The topological polar surface area (TPSA) is 78.5 Å². The highest BCUT2D eigenvalue weighted by Gasteiger charge is 2.24. The normalized spacial score (nSPS) is 12.6. The van der Waals surface area contributed by atoms with E-state index < -0.39 is 0 Å². The number of halogens is 1. The number of carbonyl (C=O) groups excluding carboxylic acids is 3. The summed E-state index contributed by atoms with van der Waals surface area (Å²) in [5.41, 5.74) is 3.85. The van der Waals surface area contributed by atoms with Crippen molar-refractivity contribution in [3.8, 4) is 0 Å². The molecule has 0 aliphatic carbocycles.